The minimum atomic E-state index is -0.201. The van der Waals surface area contributed by atoms with E-state index in [-0.39, 0.29) is 17.1 Å². The van der Waals surface area contributed by atoms with Crippen LogP contribution in [-0.4, -0.2) is 49.0 Å². The summed E-state index contributed by atoms with van der Waals surface area (Å²) >= 11 is 0. The summed E-state index contributed by atoms with van der Waals surface area (Å²) in [6.45, 7) is 4.35. The summed E-state index contributed by atoms with van der Waals surface area (Å²) in [5, 5.41) is 0. The molecular weight excluding hydrogens is 347 g/mol. The zero-order chi connectivity index (χ0) is 18.9. The fraction of sp³-hybridized carbons (Fsp3) is 0.476. The summed E-state index contributed by atoms with van der Waals surface area (Å²) in [6, 6.07) is 10.1. The first-order valence-corrected chi connectivity index (χ1v) is 9.47. The number of halogens is 1. The van der Waals surface area contributed by atoms with Crippen molar-refractivity contribution in [1.82, 2.24) is 9.80 Å². The highest BCUT2D eigenvalue weighted by molar-refractivity contribution is 5.91. The monoisotopic (exact) mass is 372 g/mol. The second-order valence-electron chi connectivity index (χ2n) is 7.74. The number of piperidine rings is 1. The number of benzene rings is 1. The number of rotatable bonds is 4. The van der Waals surface area contributed by atoms with E-state index in [1.807, 2.05) is 17.0 Å². The van der Waals surface area contributed by atoms with Crippen LogP contribution in [0.5, 0.6) is 5.95 Å². The van der Waals surface area contributed by atoms with E-state index >= 15 is 0 Å². The Labute approximate surface area is 158 Å². The average molecular weight is 372 g/mol. The van der Waals surface area contributed by atoms with E-state index < -0.39 is 0 Å². The van der Waals surface area contributed by atoms with Crippen LogP contribution in [0, 0.1) is 11.2 Å². The highest BCUT2D eigenvalue weighted by Crippen LogP contribution is 2.40. The highest BCUT2D eigenvalue weighted by Gasteiger charge is 2.43. The summed E-state index contributed by atoms with van der Waals surface area (Å²) in [6.07, 6.45) is 3.27. The van der Waals surface area contributed by atoms with Crippen LogP contribution in [0.3, 0.4) is 0 Å². The molecule has 2 aliphatic rings. The van der Waals surface area contributed by atoms with E-state index in [1.54, 1.807) is 12.1 Å². The van der Waals surface area contributed by atoms with Gasteiger partial charge in [0, 0.05) is 37.7 Å². The SMILES string of the molecule is COc1ccc(C(=O)N2CC[C@]3(CCCN(Cc4ccc(F)cc4)C3)C2)o1. The molecule has 1 aromatic carbocycles. The summed E-state index contributed by atoms with van der Waals surface area (Å²) in [5.74, 6) is 0.428. The number of carbonyl (C=O) groups is 1. The first-order valence-electron chi connectivity index (χ1n) is 9.47. The van der Waals surface area contributed by atoms with Crippen molar-refractivity contribution < 1.29 is 18.3 Å². The van der Waals surface area contributed by atoms with Gasteiger partial charge in [0.25, 0.3) is 11.9 Å². The van der Waals surface area contributed by atoms with E-state index in [4.69, 9.17) is 9.15 Å². The van der Waals surface area contributed by atoms with Gasteiger partial charge in [-0.25, -0.2) is 4.39 Å². The van der Waals surface area contributed by atoms with Crippen molar-refractivity contribution in [3.8, 4) is 5.95 Å². The molecule has 144 valence electrons. The molecule has 3 heterocycles. The van der Waals surface area contributed by atoms with Crippen LogP contribution in [-0.2, 0) is 6.54 Å². The first-order chi connectivity index (χ1) is 13.1. The Kier molecular flexibility index (Phi) is 4.91. The van der Waals surface area contributed by atoms with Crippen LogP contribution in [0.15, 0.2) is 40.8 Å². The van der Waals surface area contributed by atoms with Gasteiger partial charge in [-0.1, -0.05) is 12.1 Å². The van der Waals surface area contributed by atoms with Gasteiger partial charge in [0.15, 0.2) is 5.76 Å². The molecular formula is C21H25FN2O3. The third kappa shape index (κ3) is 3.86. The number of methoxy groups -OCH3 is 1. The summed E-state index contributed by atoms with van der Waals surface area (Å²) in [5.41, 5.74) is 1.27. The second kappa shape index (κ2) is 7.35. The molecule has 4 rings (SSSR count). The van der Waals surface area contributed by atoms with Gasteiger partial charge >= 0.3 is 0 Å². The Balaban J connectivity index is 1.40. The number of carbonyl (C=O) groups excluding carboxylic acids is 1. The number of furan rings is 1. The minimum Gasteiger partial charge on any atom is -0.468 e. The lowest BCUT2D eigenvalue weighted by atomic mass is 9.79. The summed E-state index contributed by atoms with van der Waals surface area (Å²) < 4.78 is 23.6. The molecule has 0 bridgehead atoms. The van der Waals surface area contributed by atoms with Crippen molar-refractivity contribution in [2.45, 2.75) is 25.8 Å². The third-order valence-electron chi connectivity index (χ3n) is 5.78. The van der Waals surface area contributed by atoms with Crippen LogP contribution in [0.1, 0.15) is 35.4 Å². The molecule has 27 heavy (non-hydrogen) atoms. The van der Waals surface area contributed by atoms with Crippen molar-refractivity contribution in [3.05, 3.63) is 53.5 Å². The molecule has 0 N–H and O–H groups in total. The number of amides is 1. The average Bonchev–Trinajstić information content (AvgIpc) is 3.31. The molecule has 0 aliphatic carbocycles. The van der Waals surface area contributed by atoms with Crippen molar-refractivity contribution >= 4 is 5.91 Å². The number of ether oxygens (including phenoxy) is 1. The van der Waals surface area contributed by atoms with Gasteiger partial charge in [0.05, 0.1) is 7.11 Å². The predicted octanol–water partition coefficient (Wildman–Crippen LogP) is 3.56. The van der Waals surface area contributed by atoms with E-state index in [0.717, 1.165) is 57.5 Å². The van der Waals surface area contributed by atoms with Crippen molar-refractivity contribution in [2.75, 3.05) is 33.3 Å². The fourth-order valence-electron chi connectivity index (χ4n) is 4.44. The quantitative estimate of drug-likeness (QED) is 0.823. The molecule has 1 atom stereocenters. The summed E-state index contributed by atoms with van der Waals surface area (Å²) in [4.78, 5) is 17.1. The van der Waals surface area contributed by atoms with Crippen molar-refractivity contribution in [3.63, 3.8) is 0 Å². The second-order valence-corrected chi connectivity index (χ2v) is 7.74. The maximum absolute atomic E-state index is 13.1. The number of hydrogen-bond donors (Lipinski definition) is 0. The lowest BCUT2D eigenvalue weighted by molar-refractivity contribution is 0.0647. The largest absolute Gasteiger partial charge is 0.468 e. The third-order valence-corrected chi connectivity index (χ3v) is 5.78. The minimum absolute atomic E-state index is 0.0640. The van der Waals surface area contributed by atoms with Gasteiger partial charge in [0.1, 0.15) is 5.82 Å². The van der Waals surface area contributed by atoms with Gasteiger partial charge in [-0.3, -0.25) is 9.69 Å². The number of nitrogens with zero attached hydrogens (tertiary/aromatic N) is 2. The van der Waals surface area contributed by atoms with E-state index in [2.05, 4.69) is 4.90 Å². The van der Waals surface area contributed by atoms with Crippen LogP contribution in [0.25, 0.3) is 0 Å². The topological polar surface area (TPSA) is 45.9 Å². The lowest BCUT2D eigenvalue weighted by Gasteiger charge is -2.40. The Hall–Kier alpha value is -2.34. The van der Waals surface area contributed by atoms with Crippen LogP contribution in [0.4, 0.5) is 4.39 Å². The Morgan fingerprint density at radius 3 is 2.70 bits per heavy atom. The molecule has 2 aromatic rings. The van der Waals surface area contributed by atoms with Gasteiger partial charge in [0.2, 0.25) is 0 Å². The molecule has 2 aliphatic heterocycles. The van der Waals surface area contributed by atoms with Crippen LogP contribution in [0.2, 0.25) is 0 Å². The molecule has 5 nitrogen and oxygen atoms in total. The van der Waals surface area contributed by atoms with E-state index in [0.29, 0.717) is 11.7 Å². The van der Waals surface area contributed by atoms with Crippen molar-refractivity contribution in [1.29, 1.82) is 0 Å². The molecule has 0 radical (unpaired) electrons. The molecule has 0 unspecified atom stereocenters. The molecule has 2 fully saturated rings. The maximum atomic E-state index is 13.1. The normalized spacial score (nSPS) is 23.1. The number of likely N-dealkylation sites (tertiary alicyclic amines) is 2. The van der Waals surface area contributed by atoms with Crippen LogP contribution >= 0.6 is 0 Å². The molecule has 0 saturated carbocycles. The zero-order valence-electron chi connectivity index (χ0n) is 15.6. The standard InChI is InChI=1S/C21H25FN2O3/c1-26-19-8-7-18(27-19)20(25)24-12-10-21(15-24)9-2-11-23(14-21)13-16-3-5-17(22)6-4-16/h3-8H,2,9-15H2,1H3/t21-/m0/s1. The molecule has 1 aromatic heterocycles. The first kappa shape index (κ1) is 18.0. The van der Waals surface area contributed by atoms with E-state index in [1.165, 1.54) is 19.2 Å². The van der Waals surface area contributed by atoms with Gasteiger partial charge in [-0.15, -0.1) is 0 Å². The highest BCUT2D eigenvalue weighted by atomic mass is 19.1. The number of hydrogen-bond acceptors (Lipinski definition) is 4. The molecule has 6 heteroatoms. The Morgan fingerprint density at radius 1 is 1.15 bits per heavy atom. The smallest absolute Gasteiger partial charge is 0.289 e. The van der Waals surface area contributed by atoms with Crippen molar-refractivity contribution in [2.24, 2.45) is 5.41 Å². The van der Waals surface area contributed by atoms with Gasteiger partial charge < -0.3 is 14.1 Å². The Morgan fingerprint density at radius 2 is 1.96 bits per heavy atom. The van der Waals surface area contributed by atoms with E-state index in [9.17, 15) is 9.18 Å². The fourth-order valence-corrected chi connectivity index (χ4v) is 4.44. The summed E-state index contributed by atoms with van der Waals surface area (Å²) in [7, 11) is 1.52. The van der Waals surface area contributed by atoms with Gasteiger partial charge in [-0.05, 0) is 49.6 Å². The predicted molar refractivity (Wildman–Crippen MR) is 99.1 cm³/mol. The Bertz CT molecular complexity index is 804. The molecule has 1 spiro atoms. The molecule has 1 amide bonds. The molecule has 2 saturated heterocycles. The maximum Gasteiger partial charge on any atom is 0.289 e. The van der Waals surface area contributed by atoms with Gasteiger partial charge in [-0.2, -0.15) is 0 Å². The zero-order valence-corrected chi connectivity index (χ0v) is 15.6. The van der Waals surface area contributed by atoms with Crippen LogP contribution < -0.4 is 4.74 Å². The lowest BCUT2D eigenvalue weighted by Crippen LogP contribution is -2.45.